The number of carbonyl (C=O) groups is 3. The van der Waals surface area contributed by atoms with E-state index in [-0.39, 0.29) is 25.9 Å². The van der Waals surface area contributed by atoms with Crippen LogP contribution in [0, 0.1) is 0 Å². The summed E-state index contributed by atoms with van der Waals surface area (Å²) in [6, 6.07) is 0. The number of carbonyl (C=O) groups excluding carboxylic acids is 3. The third kappa shape index (κ3) is 46.0. The maximum Gasteiger partial charge on any atom is 0.472 e. The Labute approximate surface area is 401 Å². The second-order valence-electron chi connectivity index (χ2n) is 17.0. The molecule has 0 bridgehead atoms. The van der Waals surface area contributed by atoms with Crippen LogP contribution in [0.4, 0.5) is 0 Å². The minimum absolute atomic E-state index is 0.0867. The van der Waals surface area contributed by atoms with Crippen LogP contribution in [0.1, 0.15) is 213 Å². The monoisotopic (exact) mass is 949 g/mol. The van der Waals surface area contributed by atoms with Crippen molar-refractivity contribution in [1.82, 2.24) is 0 Å². The molecule has 0 saturated carbocycles. The first kappa shape index (κ1) is 62.9. The molecule has 0 amide bonds. The lowest BCUT2D eigenvalue weighted by atomic mass is 10.1. The molecule has 0 aromatic carbocycles. The summed E-state index contributed by atoms with van der Waals surface area (Å²) in [6.45, 7) is 4.40. The first-order chi connectivity index (χ1) is 32.2. The van der Waals surface area contributed by atoms with E-state index in [1.807, 2.05) is 12.2 Å². The average molecular weight is 949 g/mol. The van der Waals surface area contributed by atoms with E-state index in [4.69, 9.17) is 23.3 Å². The third-order valence-corrected chi connectivity index (χ3v) is 11.6. The summed E-state index contributed by atoms with van der Waals surface area (Å²) in [5.74, 6) is -1.55. The van der Waals surface area contributed by atoms with Crippen LogP contribution < -0.4 is 0 Å². The summed E-state index contributed by atoms with van der Waals surface area (Å²) < 4.78 is 39.2. The molecule has 0 saturated heterocycles. The van der Waals surface area contributed by atoms with Crippen LogP contribution >= 0.6 is 7.82 Å². The van der Waals surface area contributed by atoms with Crippen molar-refractivity contribution in [2.24, 2.45) is 0 Å². The van der Waals surface area contributed by atoms with Crippen LogP contribution in [-0.2, 0) is 42.2 Å². The lowest BCUT2D eigenvalue weighted by Crippen LogP contribution is -2.30. The third-order valence-electron chi connectivity index (χ3n) is 10.6. The number of hydrogen-bond acceptors (Lipinski definition) is 10. The Bertz CT molecular complexity index is 1390. The molecule has 0 fully saturated rings. The number of rotatable bonds is 47. The van der Waals surface area contributed by atoms with Crippen molar-refractivity contribution in [3.8, 4) is 0 Å². The van der Waals surface area contributed by atoms with Crippen LogP contribution in [0.2, 0.25) is 0 Å². The van der Waals surface area contributed by atoms with E-state index in [0.717, 1.165) is 89.9 Å². The van der Waals surface area contributed by atoms with Crippen LogP contribution in [0.5, 0.6) is 0 Å². The van der Waals surface area contributed by atoms with Gasteiger partial charge in [0.2, 0.25) is 0 Å². The summed E-state index contributed by atoms with van der Waals surface area (Å²) in [5.41, 5.74) is 0. The van der Waals surface area contributed by atoms with Gasteiger partial charge in [-0.2, -0.15) is 0 Å². The maximum absolute atomic E-state index is 12.8. The van der Waals surface area contributed by atoms with Gasteiger partial charge < -0.3 is 24.2 Å². The number of hydrogen-bond donors (Lipinski definition) is 2. The number of allylic oxidation sites excluding steroid dienone is 12. The van der Waals surface area contributed by atoms with Crippen LogP contribution in [0.15, 0.2) is 72.9 Å². The fourth-order valence-electron chi connectivity index (χ4n) is 6.68. The van der Waals surface area contributed by atoms with E-state index >= 15 is 0 Å². The number of unbranched alkanes of at least 4 members (excludes halogenated alkanes) is 18. The van der Waals surface area contributed by atoms with Gasteiger partial charge in [0.1, 0.15) is 12.7 Å². The average Bonchev–Trinajstić information content (AvgIpc) is 3.30. The number of ether oxygens (including phenoxy) is 3. The highest BCUT2D eigenvalue weighted by atomic mass is 31.2. The standard InChI is InChI=1S/C54H93O11P/c1-4-7-10-13-16-19-21-23-24-25-26-28-30-33-36-39-42-45-54(58)65-51(47-61-52(56)43-40-37-34-32-29-27-22-20-17-14-11-8-5-2)49-63-66(59,60)62-48-50(46-55)64-53(57)44-41-38-35-31-18-15-12-9-6-3/h7,10,16,19-20,22-24,26,28,33,36,50-51,55H,4-6,8-9,11-15,17-18,21,25,27,29-32,34-35,37-49H2,1-3H3,(H,59,60)/b10-7-,19-16-,22-20-,24-23-,28-26-,36-33-. The summed E-state index contributed by atoms with van der Waals surface area (Å²) in [5, 5.41) is 9.74. The molecule has 0 spiro atoms. The largest absolute Gasteiger partial charge is 0.472 e. The molecule has 0 heterocycles. The molecule has 0 aromatic heterocycles. The molecule has 0 rings (SSSR count). The van der Waals surface area contributed by atoms with Crippen molar-refractivity contribution in [1.29, 1.82) is 0 Å². The van der Waals surface area contributed by atoms with Crippen molar-refractivity contribution < 1.29 is 52.2 Å². The zero-order valence-electron chi connectivity index (χ0n) is 41.6. The van der Waals surface area contributed by atoms with Gasteiger partial charge in [0.25, 0.3) is 0 Å². The highest BCUT2D eigenvalue weighted by molar-refractivity contribution is 7.47. The second-order valence-corrected chi connectivity index (χ2v) is 18.4. The highest BCUT2D eigenvalue weighted by Crippen LogP contribution is 2.43. The summed E-state index contributed by atoms with van der Waals surface area (Å²) in [4.78, 5) is 48.2. The summed E-state index contributed by atoms with van der Waals surface area (Å²) >= 11 is 0. The van der Waals surface area contributed by atoms with Crippen LogP contribution in [0.25, 0.3) is 0 Å². The molecule has 3 atom stereocenters. The molecule has 3 unspecified atom stereocenters. The van der Waals surface area contributed by atoms with E-state index in [0.29, 0.717) is 25.7 Å². The normalized spacial score (nSPS) is 14.1. The zero-order chi connectivity index (χ0) is 48.4. The molecule has 0 aromatic rings. The lowest BCUT2D eigenvalue weighted by Gasteiger charge is -2.21. The molecule has 2 N–H and O–H groups in total. The van der Waals surface area contributed by atoms with Gasteiger partial charge in [-0.25, -0.2) is 4.57 Å². The predicted molar refractivity (Wildman–Crippen MR) is 270 cm³/mol. The van der Waals surface area contributed by atoms with Crippen LogP contribution in [0.3, 0.4) is 0 Å². The molecule has 0 aliphatic carbocycles. The van der Waals surface area contributed by atoms with Gasteiger partial charge >= 0.3 is 25.7 Å². The van der Waals surface area contributed by atoms with Crippen molar-refractivity contribution >= 4 is 25.7 Å². The van der Waals surface area contributed by atoms with E-state index < -0.39 is 57.8 Å². The van der Waals surface area contributed by atoms with Crippen molar-refractivity contribution in [3.05, 3.63) is 72.9 Å². The Kier molecular flexibility index (Phi) is 46.1. The van der Waals surface area contributed by atoms with Gasteiger partial charge in [-0.1, -0.05) is 184 Å². The molecular weight excluding hydrogens is 856 g/mol. The summed E-state index contributed by atoms with van der Waals surface area (Å²) in [6.07, 6.45) is 51.7. The van der Waals surface area contributed by atoms with Gasteiger partial charge in [-0.15, -0.1) is 0 Å². The van der Waals surface area contributed by atoms with E-state index in [9.17, 15) is 28.9 Å². The van der Waals surface area contributed by atoms with Gasteiger partial charge in [0.15, 0.2) is 6.10 Å². The van der Waals surface area contributed by atoms with Crippen molar-refractivity contribution in [2.45, 2.75) is 226 Å². The smallest absolute Gasteiger partial charge is 0.462 e. The van der Waals surface area contributed by atoms with Gasteiger partial charge in [0, 0.05) is 19.3 Å². The Morgan fingerprint density at radius 1 is 0.439 bits per heavy atom. The molecule has 11 nitrogen and oxygen atoms in total. The Morgan fingerprint density at radius 2 is 0.803 bits per heavy atom. The minimum atomic E-state index is -4.75. The van der Waals surface area contributed by atoms with Crippen molar-refractivity contribution in [2.75, 3.05) is 26.4 Å². The fraction of sp³-hybridized carbons (Fsp3) is 0.722. The highest BCUT2D eigenvalue weighted by Gasteiger charge is 2.28. The topological polar surface area (TPSA) is 155 Å². The fourth-order valence-corrected chi connectivity index (χ4v) is 7.46. The Hall–Kier alpha value is -3.08. The van der Waals surface area contributed by atoms with Gasteiger partial charge in [-0.3, -0.25) is 23.4 Å². The molecule has 66 heavy (non-hydrogen) atoms. The molecule has 0 aliphatic heterocycles. The molecular formula is C54H93O11P. The lowest BCUT2D eigenvalue weighted by molar-refractivity contribution is -0.161. The maximum atomic E-state index is 12.8. The molecule has 12 heteroatoms. The first-order valence-corrected chi connectivity index (χ1v) is 27.3. The number of aliphatic hydroxyl groups is 1. The van der Waals surface area contributed by atoms with Gasteiger partial charge in [0.05, 0.1) is 19.8 Å². The number of phosphoric acid groups is 1. The number of esters is 3. The molecule has 0 aliphatic rings. The Morgan fingerprint density at radius 3 is 1.30 bits per heavy atom. The van der Waals surface area contributed by atoms with Crippen LogP contribution in [-0.4, -0.2) is 66.5 Å². The molecule has 380 valence electrons. The number of phosphoric ester groups is 1. The second kappa shape index (κ2) is 48.4. The number of aliphatic hydroxyl groups excluding tert-OH is 1. The Balaban J connectivity index is 4.86. The first-order valence-electron chi connectivity index (χ1n) is 25.8. The van der Waals surface area contributed by atoms with E-state index in [1.165, 1.54) is 57.8 Å². The minimum Gasteiger partial charge on any atom is -0.462 e. The van der Waals surface area contributed by atoms with E-state index in [2.05, 4.69) is 81.5 Å². The predicted octanol–water partition coefficient (Wildman–Crippen LogP) is 14.6. The van der Waals surface area contributed by atoms with Crippen molar-refractivity contribution in [3.63, 3.8) is 0 Å². The summed E-state index contributed by atoms with van der Waals surface area (Å²) in [7, 11) is -4.75. The van der Waals surface area contributed by atoms with Gasteiger partial charge in [-0.05, 0) is 83.5 Å². The van der Waals surface area contributed by atoms with E-state index in [1.54, 1.807) is 0 Å². The molecule has 0 radical (unpaired) electrons. The quantitative estimate of drug-likeness (QED) is 0.0197. The zero-order valence-corrected chi connectivity index (χ0v) is 42.5. The SMILES string of the molecule is CC/C=C\C/C=C\C/C=C\C/C=C\C/C=C\CCCC(=O)OC(COC(=O)CCCCCCC/C=C\CCCCCC)COP(=O)(O)OCC(CO)OC(=O)CCCCCCCCCCC.